The summed E-state index contributed by atoms with van der Waals surface area (Å²) in [5.41, 5.74) is 4.41. The molecule has 2 fully saturated rings. The van der Waals surface area contributed by atoms with E-state index in [0.717, 1.165) is 12.8 Å². The highest BCUT2D eigenvalue weighted by atomic mass is 16.5. The molecule has 0 radical (unpaired) electrons. The molecule has 2 aliphatic rings. The van der Waals surface area contributed by atoms with Crippen molar-refractivity contribution in [2.45, 2.75) is 30.9 Å². The zero-order valence-corrected chi connectivity index (χ0v) is 9.02. The number of carboxylic acid groups (broad SMARTS) is 1. The number of carboxylic acids is 1. The highest BCUT2D eigenvalue weighted by Gasteiger charge is 2.44. The Morgan fingerprint density at radius 2 is 2.25 bits per heavy atom. The van der Waals surface area contributed by atoms with E-state index in [0.29, 0.717) is 19.6 Å². The van der Waals surface area contributed by atoms with Crippen LogP contribution in [0.1, 0.15) is 19.3 Å². The third-order valence-electron chi connectivity index (χ3n) is 3.24. The van der Waals surface area contributed by atoms with E-state index in [4.69, 9.17) is 15.6 Å². The first-order chi connectivity index (χ1) is 7.53. The number of rotatable bonds is 2. The van der Waals surface area contributed by atoms with Gasteiger partial charge in [-0.2, -0.15) is 0 Å². The Balaban J connectivity index is 1.97. The van der Waals surface area contributed by atoms with Crippen LogP contribution in [0.4, 0.5) is 0 Å². The Labute approximate surface area is 93.3 Å². The van der Waals surface area contributed by atoms with E-state index in [2.05, 4.69) is 0 Å². The number of amides is 1. The maximum absolute atomic E-state index is 11.9. The van der Waals surface area contributed by atoms with Crippen molar-refractivity contribution < 1.29 is 19.4 Å². The second kappa shape index (κ2) is 4.03. The molecule has 90 valence electrons. The minimum atomic E-state index is -1.28. The van der Waals surface area contributed by atoms with Gasteiger partial charge in [0.1, 0.15) is 11.6 Å². The largest absolute Gasteiger partial charge is 0.480 e. The topological polar surface area (TPSA) is 92.9 Å². The average molecular weight is 228 g/mol. The van der Waals surface area contributed by atoms with Crippen molar-refractivity contribution in [2.24, 2.45) is 5.73 Å². The number of hydrogen-bond donors (Lipinski definition) is 2. The normalized spacial score (nSPS) is 34.3. The number of carbonyl (C=O) groups is 2. The average Bonchev–Trinajstić information content (AvgIpc) is 2.85. The molecular weight excluding hydrogens is 212 g/mol. The fourth-order valence-corrected chi connectivity index (χ4v) is 2.17. The van der Waals surface area contributed by atoms with E-state index in [-0.39, 0.29) is 12.5 Å². The Bertz CT molecular complexity index is 314. The van der Waals surface area contributed by atoms with Gasteiger partial charge in [-0.1, -0.05) is 0 Å². The van der Waals surface area contributed by atoms with E-state index >= 15 is 0 Å². The van der Waals surface area contributed by atoms with Crippen LogP contribution >= 0.6 is 0 Å². The van der Waals surface area contributed by atoms with Gasteiger partial charge in [0, 0.05) is 19.7 Å². The lowest BCUT2D eigenvalue weighted by Gasteiger charge is -2.22. The smallest absolute Gasteiger partial charge is 0.325 e. The molecule has 2 rings (SSSR count). The van der Waals surface area contributed by atoms with Crippen LogP contribution in [-0.2, 0) is 14.3 Å². The van der Waals surface area contributed by atoms with Crippen LogP contribution in [0.2, 0.25) is 0 Å². The van der Waals surface area contributed by atoms with Crippen LogP contribution in [0, 0.1) is 0 Å². The molecule has 0 spiro atoms. The van der Waals surface area contributed by atoms with Crippen molar-refractivity contribution in [1.29, 1.82) is 0 Å². The van der Waals surface area contributed by atoms with Crippen molar-refractivity contribution in [3.05, 3.63) is 0 Å². The Morgan fingerprint density at radius 1 is 1.50 bits per heavy atom. The number of hydrogen-bond acceptors (Lipinski definition) is 4. The van der Waals surface area contributed by atoms with Crippen LogP contribution < -0.4 is 5.73 Å². The first-order valence-electron chi connectivity index (χ1n) is 5.46. The summed E-state index contributed by atoms with van der Waals surface area (Å²) in [7, 11) is 0. The van der Waals surface area contributed by atoms with Gasteiger partial charge in [0.05, 0.1) is 0 Å². The van der Waals surface area contributed by atoms with Gasteiger partial charge in [-0.25, -0.2) is 0 Å². The second-order valence-electron chi connectivity index (χ2n) is 4.47. The van der Waals surface area contributed by atoms with Gasteiger partial charge in [0.15, 0.2) is 0 Å². The monoisotopic (exact) mass is 228 g/mol. The highest BCUT2D eigenvalue weighted by molar-refractivity contribution is 5.85. The molecule has 3 N–H and O–H groups in total. The predicted molar refractivity (Wildman–Crippen MR) is 54.7 cm³/mol. The summed E-state index contributed by atoms with van der Waals surface area (Å²) < 4.78 is 5.28. The summed E-state index contributed by atoms with van der Waals surface area (Å²) in [5.74, 6) is -1.17. The fraction of sp³-hybridized carbons (Fsp3) is 0.800. The number of aliphatic carboxylic acids is 1. The van der Waals surface area contributed by atoms with Gasteiger partial charge in [-0.15, -0.1) is 0 Å². The van der Waals surface area contributed by atoms with Gasteiger partial charge in [-0.05, 0) is 19.3 Å². The van der Waals surface area contributed by atoms with Gasteiger partial charge in [-0.3, -0.25) is 9.59 Å². The van der Waals surface area contributed by atoms with E-state index in [1.54, 1.807) is 0 Å². The van der Waals surface area contributed by atoms with Gasteiger partial charge < -0.3 is 20.5 Å². The lowest BCUT2D eigenvalue weighted by atomic mass is 10.0. The summed E-state index contributed by atoms with van der Waals surface area (Å²) in [4.78, 5) is 24.3. The van der Waals surface area contributed by atoms with Crippen LogP contribution in [0.15, 0.2) is 0 Å². The molecule has 0 aromatic heterocycles. The summed E-state index contributed by atoms with van der Waals surface area (Å²) in [5, 5.41) is 8.94. The van der Waals surface area contributed by atoms with Crippen LogP contribution in [0.5, 0.6) is 0 Å². The molecule has 2 saturated heterocycles. The van der Waals surface area contributed by atoms with Crippen molar-refractivity contribution in [2.75, 3.05) is 19.7 Å². The zero-order chi connectivity index (χ0) is 11.8. The van der Waals surface area contributed by atoms with E-state index in [1.807, 2.05) is 0 Å². The van der Waals surface area contributed by atoms with Crippen molar-refractivity contribution in [1.82, 2.24) is 4.90 Å². The Hall–Kier alpha value is -1.14. The molecule has 2 aliphatic heterocycles. The minimum Gasteiger partial charge on any atom is -0.480 e. The number of nitrogens with zero attached hydrogens (tertiary/aromatic N) is 1. The molecule has 2 heterocycles. The van der Waals surface area contributed by atoms with Crippen LogP contribution in [0.25, 0.3) is 0 Å². The molecule has 0 aromatic rings. The number of ether oxygens (including phenoxy) is 1. The van der Waals surface area contributed by atoms with Crippen molar-refractivity contribution in [3.8, 4) is 0 Å². The third kappa shape index (κ3) is 1.90. The van der Waals surface area contributed by atoms with Crippen LogP contribution in [0.3, 0.4) is 0 Å². The molecule has 6 nitrogen and oxygen atoms in total. The quantitative estimate of drug-likeness (QED) is 0.644. The first kappa shape index (κ1) is 11.3. The molecule has 0 saturated carbocycles. The molecule has 0 bridgehead atoms. The Kier molecular flexibility index (Phi) is 2.86. The molecular formula is C10H16N2O4. The molecule has 0 aromatic carbocycles. The molecule has 1 amide bonds. The first-order valence-corrected chi connectivity index (χ1v) is 5.46. The molecule has 0 aliphatic carbocycles. The summed E-state index contributed by atoms with van der Waals surface area (Å²) >= 11 is 0. The number of nitrogens with two attached hydrogens (primary N) is 1. The van der Waals surface area contributed by atoms with E-state index in [1.165, 1.54) is 4.90 Å². The molecule has 2 unspecified atom stereocenters. The molecule has 16 heavy (non-hydrogen) atoms. The fourth-order valence-electron chi connectivity index (χ4n) is 2.17. The third-order valence-corrected chi connectivity index (χ3v) is 3.24. The zero-order valence-electron chi connectivity index (χ0n) is 9.02. The SMILES string of the molecule is NC1(C(=O)O)CCN(C(=O)C2CCCO2)C1. The van der Waals surface area contributed by atoms with Crippen LogP contribution in [-0.4, -0.2) is 53.2 Å². The predicted octanol–water partition coefficient (Wildman–Crippen LogP) is -0.820. The highest BCUT2D eigenvalue weighted by Crippen LogP contribution is 2.22. The minimum absolute atomic E-state index is 0.0844. The van der Waals surface area contributed by atoms with Crippen molar-refractivity contribution in [3.63, 3.8) is 0 Å². The number of likely N-dealkylation sites (tertiary alicyclic amines) is 1. The van der Waals surface area contributed by atoms with Crippen molar-refractivity contribution >= 4 is 11.9 Å². The maximum atomic E-state index is 11.9. The summed E-state index contributed by atoms with van der Waals surface area (Å²) in [6.45, 7) is 1.10. The lowest BCUT2D eigenvalue weighted by Crippen LogP contribution is -2.51. The maximum Gasteiger partial charge on any atom is 0.325 e. The van der Waals surface area contributed by atoms with Gasteiger partial charge >= 0.3 is 5.97 Å². The van der Waals surface area contributed by atoms with Gasteiger partial charge in [0.2, 0.25) is 0 Å². The van der Waals surface area contributed by atoms with Gasteiger partial charge in [0.25, 0.3) is 5.91 Å². The molecule has 2 atom stereocenters. The lowest BCUT2D eigenvalue weighted by molar-refractivity contribution is -0.144. The summed E-state index contributed by atoms with van der Waals surface area (Å²) in [6.07, 6.45) is 1.52. The Morgan fingerprint density at radius 3 is 2.75 bits per heavy atom. The summed E-state index contributed by atoms with van der Waals surface area (Å²) in [6, 6.07) is 0. The van der Waals surface area contributed by atoms with E-state index in [9.17, 15) is 9.59 Å². The molecule has 6 heteroatoms. The number of carbonyl (C=O) groups excluding carboxylic acids is 1. The second-order valence-corrected chi connectivity index (χ2v) is 4.47. The standard InChI is InChI=1S/C10H16N2O4/c11-10(9(14)15)3-4-12(6-10)8(13)7-2-1-5-16-7/h7H,1-6,11H2,(H,14,15). The van der Waals surface area contributed by atoms with E-state index < -0.39 is 17.6 Å².